The summed E-state index contributed by atoms with van der Waals surface area (Å²) in [4.78, 5) is 15.0. The maximum atomic E-state index is 10.6. The number of hydrogen-bond donors (Lipinski definition) is 1. The molecule has 106 valence electrons. The fourth-order valence-corrected chi connectivity index (χ4v) is 2.72. The van der Waals surface area contributed by atoms with Gasteiger partial charge in [-0.2, -0.15) is 0 Å². The Labute approximate surface area is 126 Å². The molecule has 0 aliphatic rings. The third-order valence-electron chi connectivity index (χ3n) is 2.74. The van der Waals surface area contributed by atoms with Crippen molar-refractivity contribution in [1.82, 2.24) is 9.55 Å². The largest absolute Gasteiger partial charge is 0.481 e. The Bertz CT molecular complexity index is 596. The SMILES string of the molecule is Cc1cn(CCc2ccc(Cl)cc2)c(SCC(=O)O)n1. The van der Waals surface area contributed by atoms with Crippen LogP contribution in [0.2, 0.25) is 5.02 Å². The lowest BCUT2D eigenvalue weighted by molar-refractivity contribution is -0.133. The Morgan fingerprint density at radius 1 is 1.40 bits per heavy atom. The summed E-state index contributed by atoms with van der Waals surface area (Å²) < 4.78 is 2.00. The number of halogens is 1. The first-order chi connectivity index (χ1) is 9.54. The Morgan fingerprint density at radius 2 is 2.10 bits per heavy atom. The van der Waals surface area contributed by atoms with Crippen molar-refractivity contribution in [3.8, 4) is 0 Å². The van der Waals surface area contributed by atoms with Crippen LogP contribution < -0.4 is 0 Å². The summed E-state index contributed by atoms with van der Waals surface area (Å²) in [5, 5.41) is 10.2. The van der Waals surface area contributed by atoms with Crippen molar-refractivity contribution in [3.63, 3.8) is 0 Å². The summed E-state index contributed by atoms with van der Waals surface area (Å²) in [5.74, 6) is -0.808. The van der Waals surface area contributed by atoms with Crippen LogP contribution in [0.3, 0.4) is 0 Å². The van der Waals surface area contributed by atoms with Crippen LogP contribution in [-0.2, 0) is 17.8 Å². The molecule has 0 bridgehead atoms. The number of rotatable bonds is 6. The Morgan fingerprint density at radius 3 is 2.75 bits per heavy atom. The van der Waals surface area contributed by atoms with E-state index in [1.807, 2.05) is 42.0 Å². The first kappa shape index (κ1) is 14.9. The van der Waals surface area contributed by atoms with Crippen LogP contribution in [0.5, 0.6) is 0 Å². The van der Waals surface area contributed by atoms with Gasteiger partial charge in [-0.1, -0.05) is 35.5 Å². The average molecular weight is 311 g/mol. The topological polar surface area (TPSA) is 55.1 Å². The summed E-state index contributed by atoms with van der Waals surface area (Å²) in [5.41, 5.74) is 2.09. The van der Waals surface area contributed by atoms with E-state index in [1.165, 1.54) is 17.3 Å². The van der Waals surface area contributed by atoms with E-state index in [4.69, 9.17) is 16.7 Å². The van der Waals surface area contributed by atoms with E-state index in [1.54, 1.807) is 0 Å². The van der Waals surface area contributed by atoms with Gasteiger partial charge in [0.25, 0.3) is 0 Å². The molecule has 20 heavy (non-hydrogen) atoms. The fraction of sp³-hybridized carbons (Fsp3) is 0.286. The molecule has 0 atom stereocenters. The monoisotopic (exact) mass is 310 g/mol. The zero-order valence-electron chi connectivity index (χ0n) is 11.0. The molecular weight excluding hydrogens is 296 g/mol. The Balaban J connectivity index is 2.01. The molecule has 0 spiro atoms. The lowest BCUT2D eigenvalue weighted by atomic mass is 10.1. The number of carboxylic acids is 1. The maximum Gasteiger partial charge on any atom is 0.313 e. The second kappa shape index (κ2) is 6.81. The quantitative estimate of drug-likeness (QED) is 0.832. The van der Waals surface area contributed by atoms with Crippen LogP contribution in [0.25, 0.3) is 0 Å². The van der Waals surface area contributed by atoms with Crippen LogP contribution >= 0.6 is 23.4 Å². The zero-order chi connectivity index (χ0) is 14.5. The molecule has 2 aromatic rings. The molecule has 0 unspecified atom stereocenters. The van der Waals surface area contributed by atoms with E-state index in [0.29, 0.717) is 0 Å². The van der Waals surface area contributed by atoms with E-state index in [2.05, 4.69) is 4.98 Å². The Kier molecular flexibility index (Phi) is 5.09. The highest BCUT2D eigenvalue weighted by atomic mass is 35.5. The summed E-state index contributed by atoms with van der Waals surface area (Å²) in [6, 6.07) is 7.73. The normalized spacial score (nSPS) is 10.7. The van der Waals surface area contributed by atoms with E-state index < -0.39 is 5.97 Å². The van der Waals surface area contributed by atoms with Gasteiger partial charge in [0.15, 0.2) is 5.16 Å². The van der Waals surface area contributed by atoms with E-state index >= 15 is 0 Å². The van der Waals surface area contributed by atoms with Crippen LogP contribution in [-0.4, -0.2) is 26.4 Å². The molecular formula is C14H15ClN2O2S. The highest BCUT2D eigenvalue weighted by Crippen LogP contribution is 2.18. The molecule has 0 saturated carbocycles. The predicted octanol–water partition coefficient (Wildman–Crippen LogP) is 3.26. The smallest absolute Gasteiger partial charge is 0.313 e. The highest BCUT2D eigenvalue weighted by molar-refractivity contribution is 7.99. The maximum absolute atomic E-state index is 10.6. The zero-order valence-corrected chi connectivity index (χ0v) is 12.6. The summed E-state index contributed by atoms with van der Waals surface area (Å²) in [6.45, 7) is 2.67. The van der Waals surface area contributed by atoms with Crippen molar-refractivity contribution in [2.75, 3.05) is 5.75 Å². The lowest BCUT2D eigenvalue weighted by Gasteiger charge is -2.06. The predicted molar refractivity (Wildman–Crippen MR) is 80.5 cm³/mol. The summed E-state index contributed by atoms with van der Waals surface area (Å²) in [7, 11) is 0. The van der Waals surface area contributed by atoms with Crippen molar-refractivity contribution in [1.29, 1.82) is 0 Å². The number of thioether (sulfide) groups is 1. The van der Waals surface area contributed by atoms with Crippen LogP contribution in [0.4, 0.5) is 0 Å². The van der Waals surface area contributed by atoms with Gasteiger partial charge in [0, 0.05) is 17.8 Å². The van der Waals surface area contributed by atoms with Crippen LogP contribution in [0.15, 0.2) is 35.6 Å². The molecule has 0 amide bonds. The number of imidazole rings is 1. The molecule has 2 rings (SSSR count). The molecule has 4 nitrogen and oxygen atoms in total. The lowest BCUT2D eigenvalue weighted by Crippen LogP contribution is -2.04. The van der Waals surface area contributed by atoms with Crippen molar-refractivity contribution >= 4 is 29.3 Å². The van der Waals surface area contributed by atoms with Crippen molar-refractivity contribution < 1.29 is 9.90 Å². The number of hydrogen-bond acceptors (Lipinski definition) is 3. The van der Waals surface area contributed by atoms with E-state index in [-0.39, 0.29) is 5.75 Å². The van der Waals surface area contributed by atoms with Gasteiger partial charge in [-0.3, -0.25) is 4.79 Å². The molecule has 1 aromatic carbocycles. The molecule has 0 radical (unpaired) electrons. The molecule has 0 aliphatic carbocycles. The second-order valence-corrected chi connectivity index (χ2v) is 5.80. The van der Waals surface area contributed by atoms with Gasteiger partial charge >= 0.3 is 5.97 Å². The third-order valence-corrected chi connectivity index (χ3v) is 3.97. The highest BCUT2D eigenvalue weighted by Gasteiger charge is 2.08. The molecule has 1 heterocycles. The van der Waals surface area contributed by atoms with Gasteiger partial charge in [0.1, 0.15) is 0 Å². The minimum absolute atomic E-state index is 0.0252. The minimum atomic E-state index is -0.833. The number of carbonyl (C=O) groups is 1. The molecule has 1 N–H and O–H groups in total. The number of aliphatic carboxylic acids is 1. The summed E-state index contributed by atoms with van der Waals surface area (Å²) >= 11 is 7.10. The third kappa shape index (κ3) is 4.28. The van der Waals surface area contributed by atoms with Gasteiger partial charge in [-0.25, -0.2) is 4.98 Å². The van der Waals surface area contributed by atoms with Crippen molar-refractivity contribution in [2.45, 2.75) is 25.0 Å². The average Bonchev–Trinajstić information content (AvgIpc) is 2.76. The Hall–Kier alpha value is -1.46. The van der Waals surface area contributed by atoms with Crippen LogP contribution in [0, 0.1) is 6.92 Å². The first-order valence-electron chi connectivity index (χ1n) is 6.17. The van der Waals surface area contributed by atoms with Gasteiger partial charge in [0.05, 0.1) is 11.4 Å². The van der Waals surface area contributed by atoms with Gasteiger partial charge < -0.3 is 9.67 Å². The standard InChI is InChI=1S/C14H15ClN2O2S/c1-10-8-17(14(16-10)20-9-13(18)19)7-6-11-2-4-12(15)5-3-11/h2-5,8H,6-7,9H2,1H3,(H,18,19). The molecule has 0 saturated heterocycles. The van der Waals surface area contributed by atoms with Gasteiger partial charge in [-0.05, 0) is 31.0 Å². The van der Waals surface area contributed by atoms with E-state index in [9.17, 15) is 4.79 Å². The first-order valence-corrected chi connectivity index (χ1v) is 7.54. The number of carboxylic acid groups (broad SMARTS) is 1. The number of benzene rings is 1. The molecule has 6 heteroatoms. The number of aromatic nitrogens is 2. The van der Waals surface area contributed by atoms with Gasteiger partial charge in [0.2, 0.25) is 0 Å². The van der Waals surface area contributed by atoms with Crippen molar-refractivity contribution in [2.24, 2.45) is 0 Å². The van der Waals surface area contributed by atoms with Gasteiger partial charge in [-0.15, -0.1) is 0 Å². The van der Waals surface area contributed by atoms with E-state index in [0.717, 1.165) is 28.8 Å². The number of nitrogens with zero attached hydrogens (tertiary/aromatic N) is 2. The molecule has 0 aliphatic heterocycles. The molecule has 0 fully saturated rings. The minimum Gasteiger partial charge on any atom is -0.481 e. The second-order valence-electron chi connectivity index (χ2n) is 4.42. The van der Waals surface area contributed by atoms with Crippen molar-refractivity contribution in [3.05, 3.63) is 46.7 Å². The van der Waals surface area contributed by atoms with Crippen LogP contribution in [0.1, 0.15) is 11.3 Å². The molecule has 1 aromatic heterocycles. The summed E-state index contributed by atoms with van der Waals surface area (Å²) in [6.07, 6.45) is 2.80. The fourth-order valence-electron chi connectivity index (χ4n) is 1.83. The number of aryl methyl sites for hydroxylation is 3.